The second kappa shape index (κ2) is 7.91. The molecule has 0 aliphatic heterocycles. The third kappa shape index (κ3) is 4.14. The average molecular weight is 353 g/mol. The van der Waals surface area contributed by atoms with Crippen molar-refractivity contribution < 1.29 is 13.9 Å². The van der Waals surface area contributed by atoms with Gasteiger partial charge in [-0.1, -0.05) is 12.1 Å². The summed E-state index contributed by atoms with van der Waals surface area (Å²) in [6.07, 6.45) is 5.08. The molecule has 2 heterocycles. The molecule has 6 heteroatoms. The number of pyridine rings is 2. The van der Waals surface area contributed by atoms with E-state index in [1.165, 1.54) is 13.1 Å². The van der Waals surface area contributed by atoms with Crippen LogP contribution in [-0.2, 0) is 11.2 Å². The van der Waals surface area contributed by atoms with Crippen molar-refractivity contribution in [2.24, 2.45) is 0 Å². The van der Waals surface area contributed by atoms with Crippen molar-refractivity contribution in [3.8, 4) is 5.75 Å². The summed E-state index contributed by atoms with van der Waals surface area (Å²) in [6, 6.07) is 9.62. The van der Waals surface area contributed by atoms with Gasteiger partial charge in [0.15, 0.2) is 5.82 Å². The molecule has 5 nitrogen and oxygen atoms in total. The van der Waals surface area contributed by atoms with Crippen molar-refractivity contribution in [3.63, 3.8) is 0 Å². The number of carbonyl (C=O) groups is 1. The number of hydrogen-bond donors (Lipinski definition) is 0. The number of carbonyl (C=O) groups excluding carboxylic acids is 1. The molecule has 0 radical (unpaired) electrons. The molecule has 0 saturated carbocycles. The fourth-order valence-corrected chi connectivity index (χ4v) is 2.62. The topological polar surface area (TPSA) is 55.3 Å². The number of halogens is 1. The fraction of sp³-hybridized carbons (Fsp3) is 0.250. The number of likely N-dealkylation sites (N-methyl/N-ethyl adjacent to an activating group) is 1. The largest absolute Gasteiger partial charge is 0.492 e. The van der Waals surface area contributed by atoms with Crippen LogP contribution in [0.4, 0.5) is 4.39 Å². The normalized spacial score (nSPS) is 10.7. The van der Waals surface area contributed by atoms with Crippen LogP contribution in [0.15, 0.2) is 48.9 Å². The van der Waals surface area contributed by atoms with Crippen LogP contribution in [0.2, 0.25) is 0 Å². The zero-order valence-electron chi connectivity index (χ0n) is 14.8. The fourth-order valence-electron chi connectivity index (χ4n) is 2.62. The first-order chi connectivity index (χ1) is 12.5. The molecule has 0 atom stereocenters. The molecule has 0 N–H and O–H groups in total. The molecule has 1 aromatic carbocycles. The highest BCUT2D eigenvalue weighted by atomic mass is 19.1. The van der Waals surface area contributed by atoms with Gasteiger partial charge in [0.1, 0.15) is 17.9 Å². The van der Waals surface area contributed by atoms with Gasteiger partial charge in [0.05, 0.1) is 12.7 Å². The van der Waals surface area contributed by atoms with Crippen LogP contribution in [0.25, 0.3) is 10.9 Å². The SMILES string of the molecule is CC(=O)N(C)CCOc1ccc(Cc2ccnc3c(F)cncc23)cc1. The number of amides is 1. The summed E-state index contributed by atoms with van der Waals surface area (Å²) in [5, 5.41) is 0.722. The molecule has 0 aliphatic rings. The van der Waals surface area contributed by atoms with Crippen molar-refractivity contribution in [1.82, 2.24) is 14.9 Å². The molecule has 0 bridgehead atoms. The van der Waals surface area contributed by atoms with Gasteiger partial charge in [0.2, 0.25) is 5.91 Å². The number of fused-ring (bicyclic) bond motifs is 1. The number of aromatic nitrogens is 2. The minimum atomic E-state index is -0.413. The van der Waals surface area contributed by atoms with Crippen LogP contribution < -0.4 is 4.74 Å². The molecule has 0 saturated heterocycles. The summed E-state index contributed by atoms with van der Waals surface area (Å²) in [6.45, 7) is 2.51. The lowest BCUT2D eigenvalue weighted by Crippen LogP contribution is -2.28. The Morgan fingerprint density at radius 3 is 2.69 bits per heavy atom. The zero-order valence-corrected chi connectivity index (χ0v) is 14.8. The van der Waals surface area contributed by atoms with Crippen molar-refractivity contribution in [3.05, 3.63) is 65.9 Å². The first-order valence-corrected chi connectivity index (χ1v) is 8.35. The minimum Gasteiger partial charge on any atom is -0.492 e. The van der Waals surface area contributed by atoms with E-state index in [2.05, 4.69) is 9.97 Å². The molecule has 134 valence electrons. The maximum absolute atomic E-state index is 13.8. The summed E-state index contributed by atoms with van der Waals surface area (Å²) < 4.78 is 19.5. The van der Waals surface area contributed by atoms with Crippen LogP contribution in [0.3, 0.4) is 0 Å². The number of ether oxygens (including phenoxy) is 1. The van der Waals surface area contributed by atoms with Crippen LogP contribution in [0.5, 0.6) is 5.75 Å². The van der Waals surface area contributed by atoms with Gasteiger partial charge < -0.3 is 9.64 Å². The van der Waals surface area contributed by atoms with E-state index in [4.69, 9.17) is 4.74 Å². The number of benzene rings is 1. The molecule has 3 rings (SSSR count). The number of nitrogens with zero attached hydrogens (tertiary/aromatic N) is 3. The van der Waals surface area contributed by atoms with E-state index in [9.17, 15) is 9.18 Å². The van der Waals surface area contributed by atoms with E-state index in [-0.39, 0.29) is 5.91 Å². The summed E-state index contributed by atoms with van der Waals surface area (Å²) in [4.78, 5) is 20.8. The average Bonchev–Trinajstić information content (AvgIpc) is 2.64. The highest BCUT2D eigenvalue weighted by Gasteiger charge is 2.08. The first-order valence-electron chi connectivity index (χ1n) is 8.35. The van der Waals surface area contributed by atoms with E-state index in [0.29, 0.717) is 25.1 Å². The highest BCUT2D eigenvalue weighted by molar-refractivity contribution is 5.81. The third-order valence-corrected chi connectivity index (χ3v) is 4.25. The number of rotatable bonds is 6. The van der Waals surface area contributed by atoms with Gasteiger partial charge in [-0.3, -0.25) is 14.8 Å². The van der Waals surface area contributed by atoms with Crippen molar-refractivity contribution in [1.29, 1.82) is 0 Å². The monoisotopic (exact) mass is 353 g/mol. The molecule has 1 amide bonds. The van der Waals surface area contributed by atoms with Crippen LogP contribution >= 0.6 is 0 Å². The van der Waals surface area contributed by atoms with Crippen LogP contribution in [0, 0.1) is 5.82 Å². The van der Waals surface area contributed by atoms with Gasteiger partial charge in [0, 0.05) is 31.8 Å². The van der Waals surface area contributed by atoms with Gasteiger partial charge in [-0.2, -0.15) is 0 Å². The summed E-state index contributed by atoms with van der Waals surface area (Å²) >= 11 is 0. The van der Waals surface area contributed by atoms with Gasteiger partial charge in [-0.15, -0.1) is 0 Å². The minimum absolute atomic E-state index is 0.0134. The van der Waals surface area contributed by atoms with E-state index in [1.807, 2.05) is 30.3 Å². The van der Waals surface area contributed by atoms with Gasteiger partial charge in [-0.25, -0.2) is 4.39 Å². The van der Waals surface area contributed by atoms with E-state index in [1.54, 1.807) is 24.3 Å². The number of hydrogen-bond acceptors (Lipinski definition) is 4. The van der Waals surface area contributed by atoms with E-state index >= 15 is 0 Å². The first kappa shape index (κ1) is 17.8. The lowest BCUT2D eigenvalue weighted by molar-refractivity contribution is -0.127. The van der Waals surface area contributed by atoms with Gasteiger partial charge in [0.25, 0.3) is 0 Å². The standard InChI is InChI=1S/C20H20FN3O2/c1-14(25)24(2)9-10-26-17-5-3-15(4-6-17)11-16-7-8-23-20-18(16)12-22-13-19(20)21/h3-8,12-13H,9-11H2,1-2H3. The second-order valence-corrected chi connectivity index (χ2v) is 6.10. The molecule has 0 fully saturated rings. The maximum Gasteiger partial charge on any atom is 0.219 e. The molecule has 0 spiro atoms. The Hall–Kier alpha value is -3.02. The van der Waals surface area contributed by atoms with E-state index < -0.39 is 5.82 Å². The Bertz CT molecular complexity index is 913. The zero-order chi connectivity index (χ0) is 18.5. The molecular weight excluding hydrogens is 333 g/mol. The predicted octanol–water partition coefficient (Wildman–Crippen LogP) is 3.22. The molecule has 3 aromatic rings. The molecule has 0 unspecified atom stereocenters. The predicted molar refractivity (Wildman–Crippen MR) is 97.6 cm³/mol. The summed E-state index contributed by atoms with van der Waals surface area (Å²) in [7, 11) is 1.74. The van der Waals surface area contributed by atoms with Crippen LogP contribution in [-0.4, -0.2) is 41.0 Å². The van der Waals surface area contributed by atoms with Crippen LogP contribution in [0.1, 0.15) is 18.1 Å². The Kier molecular flexibility index (Phi) is 5.41. The Morgan fingerprint density at radius 1 is 1.19 bits per heavy atom. The van der Waals surface area contributed by atoms with Crippen molar-refractivity contribution >= 4 is 16.8 Å². The van der Waals surface area contributed by atoms with Gasteiger partial charge >= 0.3 is 0 Å². The van der Waals surface area contributed by atoms with Gasteiger partial charge in [-0.05, 0) is 35.7 Å². The quantitative estimate of drug-likeness (QED) is 0.683. The lowest BCUT2D eigenvalue weighted by atomic mass is 10.0. The van der Waals surface area contributed by atoms with Crippen molar-refractivity contribution in [2.75, 3.05) is 20.2 Å². The molecule has 2 aromatic heterocycles. The Morgan fingerprint density at radius 2 is 1.96 bits per heavy atom. The third-order valence-electron chi connectivity index (χ3n) is 4.25. The Balaban J connectivity index is 1.67. The Labute approximate surface area is 151 Å². The lowest BCUT2D eigenvalue weighted by Gasteiger charge is -2.15. The summed E-state index contributed by atoms with van der Waals surface area (Å²) in [5.74, 6) is 0.348. The van der Waals surface area contributed by atoms with Crippen molar-refractivity contribution in [2.45, 2.75) is 13.3 Å². The highest BCUT2D eigenvalue weighted by Crippen LogP contribution is 2.22. The van der Waals surface area contributed by atoms with E-state index in [0.717, 1.165) is 22.3 Å². The second-order valence-electron chi connectivity index (χ2n) is 6.10. The maximum atomic E-state index is 13.8. The molecule has 26 heavy (non-hydrogen) atoms. The smallest absolute Gasteiger partial charge is 0.219 e. The molecule has 0 aliphatic carbocycles. The molecular formula is C20H20FN3O2. The summed E-state index contributed by atoms with van der Waals surface area (Å²) in [5.41, 5.74) is 2.39.